The summed E-state index contributed by atoms with van der Waals surface area (Å²) in [5, 5.41) is 10.0. The number of aromatic nitrogens is 3. The Morgan fingerprint density at radius 3 is 2.74 bits per heavy atom. The Kier molecular flexibility index (Phi) is 4.71. The van der Waals surface area contributed by atoms with Crippen molar-refractivity contribution in [1.82, 2.24) is 14.3 Å². The number of carboxylic acid groups (broad SMARTS) is 1. The van der Waals surface area contributed by atoms with Gasteiger partial charge in [-0.05, 0) is 18.6 Å². The summed E-state index contributed by atoms with van der Waals surface area (Å²) in [6.07, 6.45) is 1.82. The van der Waals surface area contributed by atoms with E-state index in [4.69, 9.17) is 5.11 Å². The second-order valence-electron chi connectivity index (χ2n) is 5.36. The lowest BCUT2D eigenvalue weighted by Gasteiger charge is -2.22. The molecule has 2 aromatic heterocycles. The van der Waals surface area contributed by atoms with Crippen LogP contribution in [0.3, 0.4) is 0 Å². The summed E-state index contributed by atoms with van der Waals surface area (Å²) in [6.45, 7) is 5.45. The molecule has 0 radical (unpaired) electrons. The van der Waals surface area contributed by atoms with Crippen LogP contribution in [-0.2, 0) is 6.42 Å². The van der Waals surface area contributed by atoms with Crippen molar-refractivity contribution >= 4 is 28.5 Å². The van der Waals surface area contributed by atoms with E-state index in [1.807, 2.05) is 6.07 Å². The van der Waals surface area contributed by atoms with Gasteiger partial charge in [0.15, 0.2) is 5.69 Å². The fourth-order valence-electron chi connectivity index (χ4n) is 2.57. The maximum absolute atomic E-state index is 11.1. The first-order valence-electron chi connectivity index (χ1n) is 7.70. The van der Waals surface area contributed by atoms with Crippen molar-refractivity contribution in [2.24, 2.45) is 0 Å². The molecule has 0 aliphatic carbocycles. The third-order valence-corrected chi connectivity index (χ3v) is 4.63. The molecule has 1 aliphatic heterocycles. The second-order valence-corrected chi connectivity index (χ2v) is 6.09. The van der Waals surface area contributed by atoms with Crippen molar-refractivity contribution in [3.05, 3.63) is 29.7 Å². The molecule has 0 unspecified atom stereocenters. The zero-order valence-electron chi connectivity index (χ0n) is 13.0. The molecule has 23 heavy (non-hydrogen) atoms. The number of aryl methyl sites for hydroxylation is 1. The van der Waals surface area contributed by atoms with Gasteiger partial charge in [0.25, 0.3) is 0 Å². The predicted octanol–water partition coefficient (Wildman–Crippen LogP) is 1.91. The number of rotatable bonds is 4. The van der Waals surface area contributed by atoms with Gasteiger partial charge in [-0.3, -0.25) is 0 Å². The normalized spacial score (nSPS) is 15.5. The smallest absolute Gasteiger partial charge is 0.354 e. The summed E-state index contributed by atoms with van der Waals surface area (Å²) in [5.41, 5.74) is 0.0836. The SMILES string of the molecule is CCc1nsc(N2CCCN(c3cccc(C(=O)O)n3)CC2)n1. The number of carboxylic acids is 1. The van der Waals surface area contributed by atoms with E-state index in [1.54, 1.807) is 6.07 Å². The van der Waals surface area contributed by atoms with Gasteiger partial charge in [-0.2, -0.15) is 4.37 Å². The van der Waals surface area contributed by atoms with Crippen LogP contribution in [0.25, 0.3) is 0 Å². The Balaban J connectivity index is 1.71. The van der Waals surface area contributed by atoms with Gasteiger partial charge >= 0.3 is 5.97 Å². The minimum Gasteiger partial charge on any atom is -0.477 e. The van der Waals surface area contributed by atoms with E-state index in [1.165, 1.54) is 17.6 Å². The first kappa shape index (κ1) is 15.7. The first-order chi connectivity index (χ1) is 11.2. The molecule has 0 bridgehead atoms. The standard InChI is InChI=1S/C15H19N5O2S/c1-2-12-17-15(23-18-12)20-8-4-7-19(9-10-20)13-6-3-5-11(16-13)14(21)22/h3,5-6H,2,4,7-10H2,1H3,(H,21,22). The quantitative estimate of drug-likeness (QED) is 0.915. The fourth-order valence-corrected chi connectivity index (χ4v) is 3.37. The fraction of sp³-hybridized carbons (Fsp3) is 0.467. The Bertz CT molecular complexity index is 690. The van der Waals surface area contributed by atoms with E-state index < -0.39 is 5.97 Å². The summed E-state index contributed by atoms with van der Waals surface area (Å²) in [5.74, 6) is 0.615. The van der Waals surface area contributed by atoms with Gasteiger partial charge in [0.1, 0.15) is 11.6 Å². The minimum atomic E-state index is -0.996. The number of carbonyl (C=O) groups is 1. The van der Waals surface area contributed by atoms with E-state index in [2.05, 4.69) is 31.1 Å². The van der Waals surface area contributed by atoms with Crippen LogP contribution in [0.2, 0.25) is 0 Å². The maximum Gasteiger partial charge on any atom is 0.354 e. The number of pyridine rings is 1. The van der Waals surface area contributed by atoms with Crippen LogP contribution >= 0.6 is 11.5 Å². The number of anilines is 2. The summed E-state index contributed by atoms with van der Waals surface area (Å²) in [4.78, 5) is 24.2. The van der Waals surface area contributed by atoms with Gasteiger partial charge in [-0.15, -0.1) is 0 Å². The van der Waals surface area contributed by atoms with Crippen LogP contribution in [-0.4, -0.2) is 51.6 Å². The zero-order chi connectivity index (χ0) is 16.2. The van der Waals surface area contributed by atoms with Crippen molar-refractivity contribution in [2.45, 2.75) is 19.8 Å². The van der Waals surface area contributed by atoms with Crippen molar-refractivity contribution in [1.29, 1.82) is 0 Å². The number of aromatic carboxylic acids is 1. The lowest BCUT2D eigenvalue weighted by molar-refractivity contribution is 0.0690. The molecule has 8 heteroatoms. The zero-order valence-corrected chi connectivity index (χ0v) is 13.8. The van der Waals surface area contributed by atoms with Crippen molar-refractivity contribution in [2.75, 3.05) is 36.0 Å². The molecule has 122 valence electrons. The van der Waals surface area contributed by atoms with Crippen LogP contribution in [0, 0.1) is 0 Å². The lowest BCUT2D eigenvalue weighted by Crippen LogP contribution is -2.31. The molecular weight excluding hydrogens is 314 g/mol. The number of nitrogens with zero attached hydrogens (tertiary/aromatic N) is 5. The highest BCUT2D eigenvalue weighted by Gasteiger charge is 2.19. The Morgan fingerprint density at radius 2 is 2.00 bits per heavy atom. The lowest BCUT2D eigenvalue weighted by atomic mass is 10.3. The minimum absolute atomic E-state index is 0.0836. The highest BCUT2D eigenvalue weighted by Crippen LogP contribution is 2.21. The Labute approximate surface area is 138 Å². The second kappa shape index (κ2) is 6.91. The third kappa shape index (κ3) is 3.58. The van der Waals surface area contributed by atoms with Crippen LogP contribution in [0.1, 0.15) is 29.7 Å². The predicted molar refractivity (Wildman–Crippen MR) is 89.5 cm³/mol. The Morgan fingerprint density at radius 1 is 1.22 bits per heavy atom. The monoisotopic (exact) mass is 333 g/mol. The molecule has 1 fully saturated rings. The van der Waals surface area contributed by atoms with Gasteiger partial charge < -0.3 is 14.9 Å². The van der Waals surface area contributed by atoms with E-state index in [9.17, 15) is 4.79 Å². The van der Waals surface area contributed by atoms with Gasteiger partial charge in [0, 0.05) is 44.1 Å². The molecule has 0 spiro atoms. The van der Waals surface area contributed by atoms with Crippen molar-refractivity contribution in [3.63, 3.8) is 0 Å². The molecule has 0 aromatic carbocycles. The van der Waals surface area contributed by atoms with E-state index in [-0.39, 0.29) is 5.69 Å². The molecule has 1 saturated heterocycles. The van der Waals surface area contributed by atoms with Crippen molar-refractivity contribution in [3.8, 4) is 0 Å². The average Bonchev–Trinajstić information content (AvgIpc) is 2.92. The first-order valence-corrected chi connectivity index (χ1v) is 8.47. The largest absolute Gasteiger partial charge is 0.477 e. The molecule has 0 amide bonds. The van der Waals surface area contributed by atoms with E-state index >= 15 is 0 Å². The van der Waals surface area contributed by atoms with Gasteiger partial charge in [-0.25, -0.2) is 14.8 Å². The molecular formula is C15H19N5O2S. The van der Waals surface area contributed by atoms with E-state index in [0.717, 1.165) is 55.8 Å². The van der Waals surface area contributed by atoms with Crippen LogP contribution in [0.5, 0.6) is 0 Å². The van der Waals surface area contributed by atoms with Crippen LogP contribution in [0.15, 0.2) is 18.2 Å². The van der Waals surface area contributed by atoms with Gasteiger partial charge in [0.05, 0.1) is 0 Å². The summed E-state index contributed by atoms with van der Waals surface area (Å²) in [7, 11) is 0. The average molecular weight is 333 g/mol. The molecule has 1 N–H and O–H groups in total. The molecule has 0 atom stereocenters. The van der Waals surface area contributed by atoms with Crippen LogP contribution < -0.4 is 9.80 Å². The number of hydrogen-bond donors (Lipinski definition) is 1. The maximum atomic E-state index is 11.1. The molecule has 3 heterocycles. The van der Waals surface area contributed by atoms with Gasteiger partial charge in [-0.1, -0.05) is 13.0 Å². The van der Waals surface area contributed by atoms with E-state index in [0.29, 0.717) is 0 Å². The van der Waals surface area contributed by atoms with Crippen molar-refractivity contribution < 1.29 is 9.90 Å². The molecule has 0 saturated carbocycles. The summed E-state index contributed by atoms with van der Waals surface area (Å²) >= 11 is 1.45. The van der Waals surface area contributed by atoms with Crippen LogP contribution in [0.4, 0.5) is 10.9 Å². The third-order valence-electron chi connectivity index (χ3n) is 3.82. The topological polar surface area (TPSA) is 82.5 Å². The van der Waals surface area contributed by atoms with Gasteiger partial charge in [0.2, 0.25) is 5.13 Å². The summed E-state index contributed by atoms with van der Waals surface area (Å²) in [6, 6.07) is 5.12. The Hall–Kier alpha value is -2.22. The molecule has 7 nitrogen and oxygen atoms in total. The molecule has 3 rings (SSSR count). The number of hydrogen-bond acceptors (Lipinski definition) is 7. The molecule has 1 aliphatic rings. The highest BCUT2D eigenvalue weighted by molar-refractivity contribution is 7.09. The molecule has 2 aromatic rings. The highest BCUT2D eigenvalue weighted by atomic mass is 32.1. The summed E-state index contributed by atoms with van der Waals surface area (Å²) < 4.78 is 4.35.